The van der Waals surface area contributed by atoms with Gasteiger partial charge in [0.2, 0.25) is 11.1 Å². The lowest BCUT2D eigenvalue weighted by Crippen LogP contribution is -2.29. The van der Waals surface area contributed by atoms with Gasteiger partial charge in [0.05, 0.1) is 11.1 Å². The van der Waals surface area contributed by atoms with Crippen LogP contribution >= 0.6 is 12.4 Å². The van der Waals surface area contributed by atoms with Crippen LogP contribution in [0.25, 0.3) is 27.7 Å². The van der Waals surface area contributed by atoms with Gasteiger partial charge in [-0.05, 0) is 12.5 Å². The predicted octanol–water partition coefficient (Wildman–Crippen LogP) is 1.40. The number of fused-ring (bicyclic) bond motifs is 2. The molecule has 2 aliphatic heterocycles. The van der Waals surface area contributed by atoms with E-state index in [1.54, 1.807) is 4.57 Å². The number of H-pyrrole nitrogens is 1. The Morgan fingerprint density at radius 3 is 2.85 bits per heavy atom. The number of nitrogens with one attached hydrogen (secondary N) is 1. The van der Waals surface area contributed by atoms with Crippen LogP contribution in [0.4, 0.5) is 10.1 Å². The Kier molecular flexibility index (Phi) is 3.83. The minimum Gasteiger partial charge on any atom is -0.483 e. The van der Waals surface area contributed by atoms with Crippen LogP contribution in [0.3, 0.4) is 0 Å². The molecule has 1 fully saturated rings. The summed E-state index contributed by atoms with van der Waals surface area (Å²) in [5.41, 5.74) is 5.83. The van der Waals surface area contributed by atoms with Crippen LogP contribution < -0.4 is 26.4 Å². The molecule has 10 heteroatoms. The number of aromatic amines is 1. The third-order valence-electron chi connectivity index (χ3n) is 5.00. The van der Waals surface area contributed by atoms with Crippen molar-refractivity contribution in [2.75, 3.05) is 24.6 Å². The molecule has 0 spiro atoms. The fourth-order valence-electron chi connectivity index (χ4n) is 3.83. The number of rotatable bonds is 1. The minimum atomic E-state index is -0.661. The van der Waals surface area contributed by atoms with Crippen LogP contribution in [0.2, 0.25) is 0 Å². The number of nitrogens with two attached hydrogens (primary N) is 1. The maximum Gasteiger partial charge on any atom is 0.293 e. The number of ether oxygens (including phenoxy) is 1. The highest BCUT2D eigenvalue weighted by Gasteiger charge is 2.32. The molecule has 0 amide bonds. The summed E-state index contributed by atoms with van der Waals surface area (Å²) in [5.74, 6) is -0.346. The summed E-state index contributed by atoms with van der Waals surface area (Å²) in [7, 11) is 0. The standard InChI is InChI=1S/C17H15FN4O4.ClH/c1-7-6-25-15-12-9(4-10(18)13(15)21-3-2-8(19)5-21)14(23)11-16(24)20-26-17(11)22(7)12;/h4,8H,1-3,5-6,19H2,(H,20,24);1H. The molecule has 1 atom stereocenters. The fraction of sp³-hybridized carbons (Fsp3) is 0.294. The second-order valence-corrected chi connectivity index (χ2v) is 6.66. The van der Waals surface area contributed by atoms with Crippen molar-refractivity contribution in [3.05, 3.63) is 39.0 Å². The molecule has 2 aliphatic rings. The predicted molar refractivity (Wildman–Crippen MR) is 101 cm³/mol. The van der Waals surface area contributed by atoms with E-state index in [0.29, 0.717) is 24.3 Å². The highest BCUT2D eigenvalue weighted by Crippen LogP contribution is 2.43. The first-order chi connectivity index (χ1) is 12.5. The Labute approximate surface area is 157 Å². The molecule has 4 heterocycles. The number of hydrogen-bond acceptors (Lipinski definition) is 6. The van der Waals surface area contributed by atoms with Crippen molar-refractivity contribution >= 4 is 45.8 Å². The fourth-order valence-corrected chi connectivity index (χ4v) is 3.83. The van der Waals surface area contributed by atoms with E-state index in [1.807, 2.05) is 4.90 Å². The Bertz CT molecular complexity index is 1230. The first-order valence-electron chi connectivity index (χ1n) is 8.21. The van der Waals surface area contributed by atoms with Gasteiger partial charge < -0.3 is 19.9 Å². The Morgan fingerprint density at radius 1 is 1.37 bits per heavy atom. The van der Waals surface area contributed by atoms with Crippen molar-refractivity contribution in [3.8, 4) is 5.75 Å². The van der Waals surface area contributed by atoms with Crippen LogP contribution in [-0.4, -0.2) is 35.5 Å². The third kappa shape index (κ3) is 2.25. The van der Waals surface area contributed by atoms with E-state index in [1.165, 1.54) is 0 Å². The van der Waals surface area contributed by atoms with E-state index in [9.17, 15) is 14.0 Å². The van der Waals surface area contributed by atoms with E-state index in [2.05, 4.69) is 11.7 Å². The van der Waals surface area contributed by atoms with Gasteiger partial charge >= 0.3 is 0 Å². The minimum absolute atomic E-state index is 0. The average Bonchev–Trinajstić information content (AvgIpc) is 3.19. The Balaban J connectivity index is 0.00000180. The lowest BCUT2D eigenvalue weighted by atomic mass is 10.1. The zero-order chi connectivity index (χ0) is 18.2. The summed E-state index contributed by atoms with van der Waals surface area (Å²) in [6, 6.07) is 1.09. The summed E-state index contributed by atoms with van der Waals surface area (Å²) >= 11 is 0. The van der Waals surface area contributed by atoms with Gasteiger partial charge in [-0.1, -0.05) is 6.58 Å². The molecule has 0 radical (unpaired) electrons. The molecule has 5 rings (SSSR count). The van der Waals surface area contributed by atoms with Crippen molar-refractivity contribution in [2.45, 2.75) is 12.5 Å². The second kappa shape index (κ2) is 5.86. The van der Waals surface area contributed by atoms with Gasteiger partial charge in [-0.3, -0.25) is 14.2 Å². The molecule has 3 aromatic rings. The molecule has 142 valence electrons. The highest BCUT2D eigenvalue weighted by molar-refractivity contribution is 6.01. The largest absolute Gasteiger partial charge is 0.483 e. The van der Waals surface area contributed by atoms with E-state index in [-0.39, 0.29) is 53.0 Å². The van der Waals surface area contributed by atoms with Crippen molar-refractivity contribution in [3.63, 3.8) is 0 Å². The molecule has 0 bridgehead atoms. The molecule has 1 aromatic carbocycles. The summed E-state index contributed by atoms with van der Waals surface area (Å²) in [4.78, 5) is 26.6. The quantitative estimate of drug-likeness (QED) is 0.646. The summed E-state index contributed by atoms with van der Waals surface area (Å²) in [6.07, 6.45) is 0.738. The maximum atomic E-state index is 15.0. The van der Waals surface area contributed by atoms with Crippen molar-refractivity contribution < 1.29 is 13.7 Å². The smallest absolute Gasteiger partial charge is 0.293 e. The molecule has 2 aromatic heterocycles. The van der Waals surface area contributed by atoms with E-state index in [0.717, 1.165) is 12.5 Å². The van der Waals surface area contributed by atoms with Crippen molar-refractivity contribution in [1.29, 1.82) is 0 Å². The van der Waals surface area contributed by atoms with Gasteiger partial charge in [0.1, 0.15) is 17.8 Å². The van der Waals surface area contributed by atoms with Crippen LogP contribution in [0.5, 0.6) is 5.75 Å². The summed E-state index contributed by atoms with van der Waals surface area (Å²) in [6.45, 7) is 5.08. The summed E-state index contributed by atoms with van der Waals surface area (Å²) in [5, 5.41) is 2.05. The van der Waals surface area contributed by atoms with Gasteiger partial charge in [-0.2, -0.15) is 5.16 Å². The van der Waals surface area contributed by atoms with Gasteiger partial charge in [0, 0.05) is 19.1 Å². The van der Waals surface area contributed by atoms with Crippen molar-refractivity contribution in [2.24, 2.45) is 5.73 Å². The zero-order valence-electron chi connectivity index (χ0n) is 14.1. The second-order valence-electron chi connectivity index (χ2n) is 6.66. The van der Waals surface area contributed by atoms with Crippen LogP contribution in [-0.2, 0) is 0 Å². The van der Waals surface area contributed by atoms with Gasteiger partial charge in [-0.25, -0.2) is 4.39 Å². The van der Waals surface area contributed by atoms with E-state index < -0.39 is 16.8 Å². The molecule has 1 unspecified atom stereocenters. The number of halogens is 2. The first kappa shape index (κ1) is 17.6. The zero-order valence-corrected chi connectivity index (χ0v) is 14.9. The first-order valence-corrected chi connectivity index (χ1v) is 8.21. The van der Waals surface area contributed by atoms with Gasteiger partial charge in [-0.15, -0.1) is 12.4 Å². The molecule has 3 N–H and O–H groups in total. The SMILES string of the molecule is C=C1COc2c(N3CCC(N)C3)c(F)cc3c(=O)c4c(=O)[nH]oc4n1c23.Cl. The third-order valence-corrected chi connectivity index (χ3v) is 5.00. The molecular weight excluding hydrogens is 379 g/mol. The molecule has 0 aliphatic carbocycles. The molecule has 1 saturated heterocycles. The number of aromatic nitrogens is 2. The van der Waals surface area contributed by atoms with Gasteiger partial charge in [0.25, 0.3) is 5.56 Å². The Morgan fingerprint density at radius 2 is 2.15 bits per heavy atom. The topological polar surface area (TPSA) is 106 Å². The number of hydrogen-bond donors (Lipinski definition) is 2. The normalized spacial score (nSPS) is 18.8. The van der Waals surface area contributed by atoms with Crippen LogP contribution in [0.1, 0.15) is 6.42 Å². The molecular formula is C17H16ClFN4O4. The molecule has 8 nitrogen and oxygen atoms in total. The van der Waals surface area contributed by atoms with Gasteiger partial charge in [0.15, 0.2) is 17.0 Å². The number of anilines is 1. The maximum absolute atomic E-state index is 15.0. The highest BCUT2D eigenvalue weighted by atomic mass is 35.5. The summed E-state index contributed by atoms with van der Waals surface area (Å²) < 4.78 is 27.5. The average molecular weight is 395 g/mol. The van der Waals surface area contributed by atoms with Crippen molar-refractivity contribution in [1.82, 2.24) is 9.72 Å². The monoisotopic (exact) mass is 394 g/mol. The molecule has 27 heavy (non-hydrogen) atoms. The number of benzene rings is 1. The molecule has 0 saturated carbocycles. The lowest BCUT2D eigenvalue weighted by Gasteiger charge is -2.28. The van der Waals surface area contributed by atoms with E-state index >= 15 is 0 Å². The number of nitrogens with zero attached hydrogens (tertiary/aromatic N) is 2. The lowest BCUT2D eigenvalue weighted by molar-refractivity contribution is 0.354. The number of pyridine rings is 1. The Hall–Kier alpha value is -2.78. The van der Waals surface area contributed by atoms with Crippen LogP contribution in [0, 0.1) is 5.82 Å². The van der Waals surface area contributed by atoms with E-state index in [4.69, 9.17) is 15.0 Å². The van der Waals surface area contributed by atoms with Crippen LogP contribution in [0.15, 0.2) is 26.8 Å².